The van der Waals surface area contributed by atoms with E-state index in [1.807, 2.05) is 63.5 Å². The predicted molar refractivity (Wildman–Crippen MR) is 146 cm³/mol. The molecular formula is C29H30F3N5O5. The van der Waals surface area contributed by atoms with Crippen molar-refractivity contribution < 1.29 is 37.7 Å². The van der Waals surface area contributed by atoms with E-state index >= 15 is 0 Å². The summed E-state index contributed by atoms with van der Waals surface area (Å²) in [4.78, 5) is 26.0. The molecule has 2 heterocycles. The molecule has 0 radical (unpaired) electrons. The highest BCUT2D eigenvalue weighted by Crippen LogP contribution is 2.33. The Labute approximate surface area is 239 Å². The van der Waals surface area contributed by atoms with Crippen LogP contribution in [0.5, 0.6) is 5.75 Å². The second kappa shape index (κ2) is 13.2. The smallest absolute Gasteiger partial charge is 0.487 e. The normalized spacial score (nSPS) is 11.5. The molecule has 0 unspecified atom stereocenters. The lowest BCUT2D eigenvalue weighted by Gasteiger charge is -2.26. The van der Waals surface area contributed by atoms with Crippen LogP contribution in [0, 0.1) is 16.7 Å². The average molecular weight is 586 g/mol. The number of carbonyl (C=O) groups is 2. The van der Waals surface area contributed by atoms with Crippen molar-refractivity contribution in [3.8, 4) is 11.8 Å². The lowest BCUT2D eigenvalue weighted by atomic mass is 9.79. The number of carboxylic acid groups (broad SMARTS) is 2. The summed E-state index contributed by atoms with van der Waals surface area (Å²) < 4.78 is 41.5. The van der Waals surface area contributed by atoms with E-state index in [9.17, 15) is 23.1 Å². The SMILES string of the molecule is CCC(CC)(Cc1nc2ccc(OCc3ccn(C)n3)cc2n1Cc1ccc(C#N)cc1)C(=O)O.O=C(O)C(F)(F)F. The van der Waals surface area contributed by atoms with Gasteiger partial charge < -0.3 is 19.5 Å². The fraction of sp³-hybridized carbons (Fsp3) is 0.345. The van der Waals surface area contributed by atoms with Crippen LogP contribution in [0.15, 0.2) is 54.7 Å². The summed E-state index contributed by atoms with van der Waals surface area (Å²) in [5, 5.41) is 30.6. The molecule has 222 valence electrons. The number of fused-ring (bicyclic) bond motifs is 1. The third-order valence-corrected chi connectivity index (χ3v) is 6.92. The van der Waals surface area contributed by atoms with Gasteiger partial charge in [-0.1, -0.05) is 26.0 Å². The number of benzene rings is 2. The summed E-state index contributed by atoms with van der Waals surface area (Å²) in [5.41, 5.74) is 3.19. The van der Waals surface area contributed by atoms with Gasteiger partial charge in [-0.2, -0.15) is 23.5 Å². The lowest BCUT2D eigenvalue weighted by Crippen LogP contribution is -2.33. The zero-order valence-corrected chi connectivity index (χ0v) is 23.2. The molecule has 0 aliphatic carbocycles. The van der Waals surface area contributed by atoms with Crippen molar-refractivity contribution in [3.63, 3.8) is 0 Å². The van der Waals surface area contributed by atoms with E-state index in [4.69, 9.17) is 24.9 Å². The monoisotopic (exact) mass is 585 g/mol. The minimum atomic E-state index is -5.08. The van der Waals surface area contributed by atoms with Crippen LogP contribution in [0.1, 0.15) is 49.3 Å². The van der Waals surface area contributed by atoms with Gasteiger partial charge >= 0.3 is 18.1 Å². The minimum Gasteiger partial charge on any atom is -0.487 e. The molecule has 13 heteroatoms. The number of aliphatic carboxylic acids is 2. The molecule has 0 saturated carbocycles. The van der Waals surface area contributed by atoms with Crippen LogP contribution in [0.3, 0.4) is 0 Å². The van der Waals surface area contributed by atoms with Gasteiger partial charge in [0.25, 0.3) is 0 Å². The van der Waals surface area contributed by atoms with E-state index < -0.39 is 23.5 Å². The van der Waals surface area contributed by atoms with Crippen molar-refractivity contribution in [3.05, 3.63) is 77.4 Å². The lowest BCUT2D eigenvalue weighted by molar-refractivity contribution is -0.192. The Morgan fingerprint density at radius 2 is 1.67 bits per heavy atom. The van der Waals surface area contributed by atoms with E-state index in [2.05, 4.69) is 15.7 Å². The van der Waals surface area contributed by atoms with Gasteiger partial charge in [0.1, 0.15) is 18.2 Å². The number of hydrogen-bond acceptors (Lipinski definition) is 6. The molecule has 4 aromatic rings. The van der Waals surface area contributed by atoms with E-state index in [0.29, 0.717) is 43.7 Å². The molecule has 0 aliphatic rings. The van der Waals surface area contributed by atoms with Gasteiger partial charge in [-0.05, 0) is 48.7 Å². The summed E-state index contributed by atoms with van der Waals surface area (Å²) in [6.45, 7) is 4.67. The third-order valence-electron chi connectivity index (χ3n) is 6.92. The first-order chi connectivity index (χ1) is 19.8. The van der Waals surface area contributed by atoms with Crippen LogP contribution in [0.25, 0.3) is 11.0 Å². The van der Waals surface area contributed by atoms with Gasteiger partial charge in [0.05, 0.1) is 33.8 Å². The number of aromatic nitrogens is 4. The summed E-state index contributed by atoms with van der Waals surface area (Å²) in [5.74, 6) is -2.16. The van der Waals surface area contributed by atoms with Crippen LogP contribution in [-0.2, 0) is 36.2 Å². The topological polar surface area (TPSA) is 143 Å². The van der Waals surface area contributed by atoms with Gasteiger partial charge in [0, 0.05) is 32.3 Å². The zero-order chi connectivity index (χ0) is 31.1. The zero-order valence-electron chi connectivity index (χ0n) is 23.2. The largest absolute Gasteiger partial charge is 0.490 e. The Morgan fingerprint density at radius 3 is 2.17 bits per heavy atom. The summed E-state index contributed by atoms with van der Waals surface area (Å²) >= 11 is 0. The number of ether oxygens (including phenoxy) is 1. The van der Waals surface area contributed by atoms with Gasteiger partial charge in [-0.15, -0.1) is 0 Å². The molecule has 2 aromatic carbocycles. The molecule has 2 aromatic heterocycles. The van der Waals surface area contributed by atoms with Gasteiger partial charge in [-0.25, -0.2) is 9.78 Å². The molecular weight excluding hydrogens is 555 g/mol. The van der Waals surface area contributed by atoms with E-state index in [1.54, 1.807) is 16.8 Å². The highest BCUT2D eigenvalue weighted by atomic mass is 19.4. The van der Waals surface area contributed by atoms with Crippen molar-refractivity contribution in [2.24, 2.45) is 12.5 Å². The molecule has 0 aliphatic heterocycles. The van der Waals surface area contributed by atoms with Crippen molar-refractivity contribution in [1.82, 2.24) is 19.3 Å². The first-order valence-corrected chi connectivity index (χ1v) is 12.9. The molecule has 10 nitrogen and oxygen atoms in total. The number of nitrogens with zero attached hydrogens (tertiary/aromatic N) is 5. The molecule has 0 spiro atoms. The van der Waals surface area contributed by atoms with Crippen molar-refractivity contribution in [2.75, 3.05) is 0 Å². The van der Waals surface area contributed by atoms with Crippen LogP contribution < -0.4 is 4.74 Å². The van der Waals surface area contributed by atoms with Crippen LogP contribution in [0.2, 0.25) is 0 Å². The first kappa shape index (κ1) is 31.7. The first-order valence-electron chi connectivity index (χ1n) is 12.9. The number of aryl methyl sites for hydroxylation is 1. The van der Waals surface area contributed by atoms with Crippen LogP contribution >= 0.6 is 0 Å². The second-order valence-corrected chi connectivity index (χ2v) is 9.62. The quantitative estimate of drug-likeness (QED) is 0.254. The highest BCUT2D eigenvalue weighted by molar-refractivity contribution is 5.79. The predicted octanol–water partition coefficient (Wildman–Crippen LogP) is 5.34. The molecule has 0 atom stereocenters. The number of halogens is 3. The van der Waals surface area contributed by atoms with Crippen LogP contribution in [0.4, 0.5) is 13.2 Å². The van der Waals surface area contributed by atoms with Crippen molar-refractivity contribution in [1.29, 1.82) is 5.26 Å². The summed E-state index contributed by atoms with van der Waals surface area (Å²) in [6, 6.07) is 17.2. The Bertz CT molecular complexity index is 1580. The van der Waals surface area contributed by atoms with Crippen molar-refractivity contribution >= 4 is 23.0 Å². The number of alkyl halides is 3. The Hall–Kier alpha value is -4.86. The number of imidazole rings is 1. The fourth-order valence-electron chi connectivity index (χ4n) is 4.30. The third kappa shape index (κ3) is 7.66. The Morgan fingerprint density at radius 1 is 1.02 bits per heavy atom. The van der Waals surface area contributed by atoms with E-state index in [0.717, 1.165) is 28.1 Å². The minimum absolute atomic E-state index is 0.324. The maximum Gasteiger partial charge on any atom is 0.490 e. The number of rotatable bonds is 10. The Balaban J connectivity index is 0.000000616. The molecule has 4 rings (SSSR count). The van der Waals surface area contributed by atoms with E-state index in [1.165, 1.54) is 0 Å². The standard InChI is InChI=1S/C27H29N5O3.C2HF3O2/c1-4-27(5-2,26(33)34)15-25-29-23-11-10-22(35-18-21-12-13-31(3)30-21)14-24(23)32(25)17-20-8-6-19(16-28)7-9-20;3-2(4,5)1(6)7/h6-14H,4-5,15,17-18H2,1-3H3,(H,33,34);(H,6,7). The average Bonchev–Trinajstić information content (AvgIpc) is 3.52. The maximum absolute atomic E-state index is 12.2. The summed E-state index contributed by atoms with van der Waals surface area (Å²) in [7, 11) is 1.86. The van der Waals surface area contributed by atoms with Gasteiger partial charge in [0.15, 0.2) is 0 Å². The summed E-state index contributed by atoms with van der Waals surface area (Å²) in [6.07, 6.45) is -1.86. The molecule has 2 N–H and O–H groups in total. The van der Waals surface area contributed by atoms with Crippen molar-refractivity contribution in [2.45, 2.75) is 52.4 Å². The molecule has 0 fully saturated rings. The Kier molecular flexibility index (Phi) is 9.95. The van der Waals surface area contributed by atoms with Gasteiger partial charge in [-0.3, -0.25) is 9.48 Å². The molecule has 0 amide bonds. The molecule has 0 bridgehead atoms. The number of nitriles is 1. The van der Waals surface area contributed by atoms with E-state index in [-0.39, 0.29) is 0 Å². The second-order valence-electron chi connectivity index (χ2n) is 9.62. The highest BCUT2D eigenvalue weighted by Gasteiger charge is 2.38. The number of hydrogen-bond donors (Lipinski definition) is 2. The fourth-order valence-corrected chi connectivity index (χ4v) is 4.30. The van der Waals surface area contributed by atoms with Gasteiger partial charge in [0.2, 0.25) is 0 Å². The maximum atomic E-state index is 12.2. The number of carboxylic acids is 2. The molecule has 0 saturated heterocycles. The molecule has 42 heavy (non-hydrogen) atoms. The van der Waals surface area contributed by atoms with Crippen LogP contribution in [-0.4, -0.2) is 47.7 Å².